The second-order valence-electron chi connectivity index (χ2n) is 4.74. The molecule has 0 N–H and O–H groups in total. The average molecular weight is 314 g/mol. The van der Waals surface area contributed by atoms with E-state index in [0.29, 0.717) is 5.56 Å². The number of hydrogen-bond acceptors (Lipinski definition) is 5. The summed E-state index contributed by atoms with van der Waals surface area (Å²) in [6, 6.07) is 16.8. The van der Waals surface area contributed by atoms with Gasteiger partial charge >= 0.3 is 10.1 Å². The minimum absolute atomic E-state index is 0.0957. The number of aryl methyl sites for hydroxylation is 1. The minimum atomic E-state index is -3.76. The van der Waals surface area contributed by atoms with E-state index in [1.165, 1.54) is 0 Å². The molecule has 0 saturated carbocycles. The Morgan fingerprint density at radius 3 is 2.36 bits per heavy atom. The zero-order valence-corrected chi connectivity index (χ0v) is 13.0. The normalized spacial score (nSPS) is 11.8. The first kappa shape index (κ1) is 15.7. The van der Waals surface area contributed by atoms with Gasteiger partial charge in [-0.05, 0) is 18.1 Å². The molecule has 112 valence electrons. The van der Waals surface area contributed by atoms with Gasteiger partial charge in [-0.2, -0.15) is 13.7 Å². The standard InChI is InChI=1S/C16H14N2O3S/c1-12-7-9-13(10-8-12)14-5-3-4-6-15(14)16(11-17)18-21-22(2,19)20/h3-10H,1-2H3/b18-16+. The van der Waals surface area contributed by atoms with Crippen molar-refractivity contribution >= 4 is 15.8 Å². The molecule has 2 aromatic rings. The van der Waals surface area contributed by atoms with E-state index in [1.54, 1.807) is 12.1 Å². The van der Waals surface area contributed by atoms with E-state index < -0.39 is 10.1 Å². The smallest absolute Gasteiger partial charge is 0.267 e. The summed E-state index contributed by atoms with van der Waals surface area (Å²) in [7, 11) is -3.76. The Labute approximate surface area is 129 Å². The van der Waals surface area contributed by atoms with Crippen LogP contribution in [-0.4, -0.2) is 20.4 Å². The van der Waals surface area contributed by atoms with E-state index in [1.807, 2.05) is 49.4 Å². The van der Waals surface area contributed by atoms with Crippen molar-refractivity contribution in [3.8, 4) is 17.2 Å². The predicted octanol–water partition coefficient (Wildman–Crippen LogP) is 2.87. The second-order valence-corrected chi connectivity index (χ2v) is 6.30. The van der Waals surface area contributed by atoms with Crippen LogP contribution in [0.15, 0.2) is 53.7 Å². The molecule has 0 spiro atoms. The molecule has 0 heterocycles. The fourth-order valence-electron chi connectivity index (χ4n) is 1.91. The Balaban J connectivity index is 2.52. The molecule has 0 bridgehead atoms. The monoisotopic (exact) mass is 314 g/mol. The zero-order valence-electron chi connectivity index (χ0n) is 12.1. The Hall–Kier alpha value is -2.65. The number of nitriles is 1. The molecule has 0 atom stereocenters. The summed E-state index contributed by atoms with van der Waals surface area (Å²) in [4.78, 5) is 0. The molecule has 0 aliphatic heterocycles. The van der Waals surface area contributed by atoms with E-state index in [9.17, 15) is 13.7 Å². The number of nitrogens with zero attached hydrogens (tertiary/aromatic N) is 2. The molecule has 0 amide bonds. The lowest BCUT2D eigenvalue weighted by molar-refractivity contribution is 0.344. The predicted molar refractivity (Wildman–Crippen MR) is 84.7 cm³/mol. The van der Waals surface area contributed by atoms with Gasteiger partial charge in [0, 0.05) is 5.56 Å². The van der Waals surface area contributed by atoms with Crippen LogP contribution in [0.4, 0.5) is 0 Å². The quantitative estimate of drug-likeness (QED) is 0.642. The highest BCUT2D eigenvalue weighted by Crippen LogP contribution is 2.24. The molecule has 6 heteroatoms. The van der Waals surface area contributed by atoms with E-state index in [0.717, 1.165) is 22.9 Å². The van der Waals surface area contributed by atoms with Crippen LogP contribution < -0.4 is 0 Å². The van der Waals surface area contributed by atoms with Crippen molar-refractivity contribution in [2.75, 3.05) is 6.26 Å². The van der Waals surface area contributed by atoms with Crippen molar-refractivity contribution in [3.05, 3.63) is 59.7 Å². The lowest BCUT2D eigenvalue weighted by Gasteiger charge is -2.08. The molecule has 0 aromatic heterocycles. The summed E-state index contributed by atoms with van der Waals surface area (Å²) in [5, 5.41) is 12.7. The van der Waals surface area contributed by atoms with E-state index >= 15 is 0 Å². The third kappa shape index (κ3) is 3.93. The summed E-state index contributed by atoms with van der Waals surface area (Å²) in [5.41, 5.74) is 3.22. The Morgan fingerprint density at radius 2 is 1.77 bits per heavy atom. The highest BCUT2D eigenvalue weighted by atomic mass is 32.2. The molecule has 0 aliphatic carbocycles. The molecular formula is C16H14N2O3S. The van der Waals surface area contributed by atoms with Crippen LogP contribution in [0.5, 0.6) is 0 Å². The van der Waals surface area contributed by atoms with Crippen molar-refractivity contribution in [2.45, 2.75) is 6.92 Å². The molecule has 2 aromatic carbocycles. The molecule has 0 radical (unpaired) electrons. The van der Waals surface area contributed by atoms with Crippen molar-refractivity contribution in [3.63, 3.8) is 0 Å². The summed E-state index contributed by atoms with van der Waals surface area (Å²) >= 11 is 0. The SMILES string of the molecule is Cc1ccc(-c2ccccc2/C(C#N)=N/OS(C)(=O)=O)cc1. The van der Waals surface area contributed by atoms with Gasteiger partial charge in [0.25, 0.3) is 0 Å². The molecule has 2 rings (SSSR count). The third-order valence-corrected chi connectivity index (χ3v) is 3.26. The fourth-order valence-corrected chi connectivity index (χ4v) is 2.12. The highest BCUT2D eigenvalue weighted by Gasteiger charge is 2.12. The van der Waals surface area contributed by atoms with Gasteiger partial charge in [-0.3, -0.25) is 4.28 Å². The molecule has 5 nitrogen and oxygen atoms in total. The lowest BCUT2D eigenvalue weighted by Crippen LogP contribution is -2.04. The van der Waals surface area contributed by atoms with Crippen LogP contribution in [0.2, 0.25) is 0 Å². The van der Waals surface area contributed by atoms with Crippen LogP contribution in [0.25, 0.3) is 11.1 Å². The first-order chi connectivity index (χ1) is 10.4. The molecule has 0 saturated heterocycles. The number of benzene rings is 2. The lowest BCUT2D eigenvalue weighted by atomic mass is 9.96. The first-order valence-corrected chi connectivity index (χ1v) is 8.25. The molecule has 0 aliphatic rings. The van der Waals surface area contributed by atoms with E-state index in [4.69, 9.17) is 0 Å². The maximum Gasteiger partial charge on any atom is 0.325 e. The molecule has 22 heavy (non-hydrogen) atoms. The molecule has 0 unspecified atom stereocenters. The zero-order chi connectivity index (χ0) is 16.2. The Morgan fingerprint density at radius 1 is 1.14 bits per heavy atom. The Kier molecular flexibility index (Phi) is 4.59. The summed E-state index contributed by atoms with van der Waals surface area (Å²) in [6.45, 7) is 1.98. The van der Waals surface area contributed by atoms with Gasteiger partial charge in [0.1, 0.15) is 6.07 Å². The second kappa shape index (κ2) is 6.41. The van der Waals surface area contributed by atoms with E-state index in [2.05, 4.69) is 9.44 Å². The van der Waals surface area contributed by atoms with Crippen LogP contribution in [-0.2, 0) is 14.4 Å². The Bertz CT molecular complexity index is 848. The van der Waals surface area contributed by atoms with Gasteiger partial charge in [0.2, 0.25) is 0 Å². The van der Waals surface area contributed by atoms with Crippen LogP contribution in [0, 0.1) is 18.3 Å². The topological polar surface area (TPSA) is 79.5 Å². The van der Waals surface area contributed by atoms with Gasteiger partial charge in [-0.15, -0.1) is 0 Å². The minimum Gasteiger partial charge on any atom is -0.267 e. The van der Waals surface area contributed by atoms with Gasteiger partial charge in [-0.25, -0.2) is 0 Å². The van der Waals surface area contributed by atoms with Gasteiger partial charge in [-0.1, -0.05) is 59.3 Å². The van der Waals surface area contributed by atoms with Gasteiger partial charge < -0.3 is 0 Å². The van der Waals surface area contributed by atoms with Gasteiger partial charge in [0.05, 0.1) is 6.26 Å². The van der Waals surface area contributed by atoms with Crippen LogP contribution in [0.3, 0.4) is 0 Å². The van der Waals surface area contributed by atoms with Crippen molar-refractivity contribution < 1.29 is 12.7 Å². The largest absolute Gasteiger partial charge is 0.325 e. The summed E-state index contributed by atoms with van der Waals surface area (Å²) in [5.74, 6) is 0. The highest BCUT2D eigenvalue weighted by molar-refractivity contribution is 7.85. The number of oxime groups is 1. The number of rotatable bonds is 4. The van der Waals surface area contributed by atoms with E-state index in [-0.39, 0.29) is 5.71 Å². The van der Waals surface area contributed by atoms with Gasteiger partial charge in [0.15, 0.2) is 5.71 Å². The maximum absolute atomic E-state index is 11.0. The molecule has 0 fully saturated rings. The average Bonchev–Trinajstić information content (AvgIpc) is 2.48. The van der Waals surface area contributed by atoms with Crippen molar-refractivity contribution in [2.24, 2.45) is 5.16 Å². The summed E-state index contributed by atoms with van der Waals surface area (Å²) in [6.07, 6.45) is 0.872. The third-order valence-electron chi connectivity index (χ3n) is 2.91. The number of hydrogen-bond donors (Lipinski definition) is 0. The van der Waals surface area contributed by atoms with Crippen molar-refractivity contribution in [1.82, 2.24) is 0 Å². The van der Waals surface area contributed by atoms with Crippen LogP contribution >= 0.6 is 0 Å². The van der Waals surface area contributed by atoms with Crippen molar-refractivity contribution in [1.29, 1.82) is 5.26 Å². The van der Waals surface area contributed by atoms with Crippen LogP contribution in [0.1, 0.15) is 11.1 Å². The maximum atomic E-state index is 11.0. The molecular weight excluding hydrogens is 300 g/mol. The fraction of sp³-hybridized carbons (Fsp3) is 0.125. The first-order valence-electron chi connectivity index (χ1n) is 6.44. The summed E-state index contributed by atoms with van der Waals surface area (Å²) < 4.78 is 26.5.